The van der Waals surface area contributed by atoms with Crippen LogP contribution in [0.4, 0.5) is 24.5 Å². The van der Waals surface area contributed by atoms with Crippen molar-refractivity contribution in [2.75, 3.05) is 17.7 Å². The Hall–Kier alpha value is -2.50. The molecule has 0 heterocycles. The highest BCUT2D eigenvalue weighted by Crippen LogP contribution is 2.30. The minimum absolute atomic E-state index is 0.0458. The third kappa shape index (κ3) is 3.16. The number of nitrogens with zero attached hydrogens (tertiary/aromatic N) is 1. The summed E-state index contributed by atoms with van der Waals surface area (Å²) in [5, 5.41) is 0. The number of carbonyl (C=O) groups excluding carboxylic acids is 1. The number of hydrogen-bond donors (Lipinski definition) is 1. The van der Waals surface area contributed by atoms with Gasteiger partial charge in [0, 0.05) is 12.6 Å². The number of carbonyl (C=O) groups is 1. The van der Waals surface area contributed by atoms with E-state index in [-0.39, 0.29) is 5.56 Å². The molecule has 0 spiro atoms. The van der Waals surface area contributed by atoms with Gasteiger partial charge in [0.25, 0.3) is 5.91 Å². The average molecular weight is 294 g/mol. The van der Waals surface area contributed by atoms with Gasteiger partial charge in [-0.3, -0.25) is 4.79 Å². The van der Waals surface area contributed by atoms with E-state index in [4.69, 9.17) is 5.73 Å². The molecule has 2 aromatic carbocycles. The number of nitrogen functional groups attached to an aromatic ring is 1. The number of nitrogens with two attached hydrogens (primary N) is 1. The molecule has 2 rings (SSSR count). The smallest absolute Gasteiger partial charge is 0.397 e. The van der Waals surface area contributed by atoms with Crippen LogP contribution in [0.1, 0.15) is 15.9 Å². The van der Waals surface area contributed by atoms with Crippen LogP contribution in [-0.4, -0.2) is 13.0 Å². The molecule has 0 radical (unpaired) electrons. The highest BCUT2D eigenvalue weighted by molar-refractivity contribution is 6.07. The molecule has 0 aliphatic heterocycles. The molecule has 3 nitrogen and oxygen atoms in total. The second-order valence-corrected chi connectivity index (χ2v) is 4.50. The molecule has 21 heavy (non-hydrogen) atoms. The van der Waals surface area contributed by atoms with Crippen LogP contribution in [0, 0.1) is 0 Å². The molecule has 0 atom stereocenters. The monoisotopic (exact) mass is 294 g/mol. The lowest BCUT2D eigenvalue weighted by Gasteiger charge is -2.19. The van der Waals surface area contributed by atoms with E-state index in [2.05, 4.69) is 0 Å². The Bertz CT molecular complexity index is 668. The zero-order chi connectivity index (χ0) is 15.6. The van der Waals surface area contributed by atoms with Crippen LogP contribution in [0.3, 0.4) is 0 Å². The summed E-state index contributed by atoms with van der Waals surface area (Å²) in [5.74, 6) is -0.556. The van der Waals surface area contributed by atoms with E-state index < -0.39 is 17.6 Å². The average Bonchev–Trinajstić information content (AvgIpc) is 2.45. The van der Waals surface area contributed by atoms with E-state index >= 15 is 0 Å². The van der Waals surface area contributed by atoms with Crippen LogP contribution >= 0.6 is 0 Å². The van der Waals surface area contributed by atoms with Gasteiger partial charge in [-0.15, -0.1) is 0 Å². The number of halogens is 3. The van der Waals surface area contributed by atoms with Crippen LogP contribution in [0.2, 0.25) is 0 Å². The van der Waals surface area contributed by atoms with Crippen LogP contribution in [0.15, 0.2) is 48.5 Å². The van der Waals surface area contributed by atoms with Crippen molar-refractivity contribution in [1.29, 1.82) is 0 Å². The molecule has 0 bridgehead atoms. The lowest BCUT2D eigenvalue weighted by molar-refractivity contribution is -0.137. The van der Waals surface area contributed by atoms with Gasteiger partial charge in [0.1, 0.15) is 0 Å². The lowest BCUT2D eigenvalue weighted by atomic mass is 10.1. The maximum Gasteiger partial charge on any atom is 0.416 e. The minimum Gasteiger partial charge on any atom is -0.397 e. The molecular formula is C15H13F3N2O. The fourth-order valence-electron chi connectivity index (χ4n) is 1.92. The molecule has 2 N–H and O–H groups in total. The number of amides is 1. The number of hydrogen-bond acceptors (Lipinski definition) is 2. The predicted molar refractivity (Wildman–Crippen MR) is 75.0 cm³/mol. The van der Waals surface area contributed by atoms with Gasteiger partial charge in [-0.25, -0.2) is 0 Å². The molecule has 0 saturated carbocycles. The van der Waals surface area contributed by atoms with Gasteiger partial charge in [0.15, 0.2) is 0 Å². The zero-order valence-electron chi connectivity index (χ0n) is 11.2. The van der Waals surface area contributed by atoms with Crippen molar-refractivity contribution in [3.63, 3.8) is 0 Å². The summed E-state index contributed by atoms with van der Waals surface area (Å²) in [7, 11) is 1.47. The molecule has 0 aromatic heterocycles. The highest BCUT2D eigenvalue weighted by Gasteiger charge is 2.31. The normalized spacial score (nSPS) is 11.2. The molecule has 2 aromatic rings. The van der Waals surface area contributed by atoms with Crippen LogP contribution in [0.5, 0.6) is 0 Å². The Labute approximate surface area is 119 Å². The Kier molecular flexibility index (Phi) is 3.88. The third-order valence-electron chi connectivity index (χ3n) is 3.04. The van der Waals surface area contributed by atoms with Gasteiger partial charge in [0.2, 0.25) is 0 Å². The van der Waals surface area contributed by atoms with Crippen LogP contribution < -0.4 is 10.6 Å². The number of rotatable bonds is 2. The molecule has 0 aliphatic rings. The van der Waals surface area contributed by atoms with E-state index in [1.165, 1.54) is 24.1 Å². The van der Waals surface area contributed by atoms with Gasteiger partial charge in [-0.2, -0.15) is 13.2 Å². The molecule has 6 heteroatoms. The van der Waals surface area contributed by atoms with Crippen LogP contribution in [0.25, 0.3) is 0 Å². The van der Waals surface area contributed by atoms with Crippen molar-refractivity contribution in [2.45, 2.75) is 6.18 Å². The van der Waals surface area contributed by atoms with Crippen LogP contribution in [-0.2, 0) is 6.18 Å². The first kappa shape index (κ1) is 14.9. The highest BCUT2D eigenvalue weighted by atomic mass is 19.4. The number of anilines is 2. The first-order valence-electron chi connectivity index (χ1n) is 6.10. The van der Waals surface area contributed by atoms with E-state index in [1.54, 1.807) is 24.3 Å². The summed E-state index contributed by atoms with van der Waals surface area (Å²) in [6.07, 6.45) is -4.49. The predicted octanol–water partition coefficient (Wildman–Crippen LogP) is 3.56. The topological polar surface area (TPSA) is 46.3 Å². The van der Waals surface area contributed by atoms with Gasteiger partial charge < -0.3 is 10.6 Å². The van der Waals surface area contributed by atoms with E-state index in [1.807, 2.05) is 0 Å². The van der Waals surface area contributed by atoms with Gasteiger partial charge >= 0.3 is 6.18 Å². The van der Waals surface area contributed by atoms with Crippen molar-refractivity contribution in [3.05, 3.63) is 59.7 Å². The molecule has 0 unspecified atom stereocenters. The van der Waals surface area contributed by atoms with E-state index in [0.29, 0.717) is 11.4 Å². The van der Waals surface area contributed by atoms with Crippen molar-refractivity contribution < 1.29 is 18.0 Å². The Morgan fingerprint density at radius 2 is 1.76 bits per heavy atom. The maximum atomic E-state index is 12.7. The second kappa shape index (κ2) is 5.47. The van der Waals surface area contributed by atoms with Gasteiger partial charge in [-0.05, 0) is 30.3 Å². The molecule has 1 amide bonds. The molecule has 0 aliphatic carbocycles. The standard InChI is InChI=1S/C15H13F3N2O/c1-20(13-8-3-2-7-12(13)19)14(21)10-5-4-6-11(9-10)15(16,17)18/h2-9H,19H2,1H3. The molecule has 0 fully saturated rings. The summed E-state index contributed by atoms with van der Waals surface area (Å²) < 4.78 is 38.0. The van der Waals surface area contributed by atoms with Crippen molar-refractivity contribution in [2.24, 2.45) is 0 Å². The van der Waals surface area contributed by atoms with Crippen molar-refractivity contribution >= 4 is 17.3 Å². The second-order valence-electron chi connectivity index (χ2n) is 4.50. The number of alkyl halides is 3. The SMILES string of the molecule is CN(C(=O)c1cccc(C(F)(F)F)c1)c1ccccc1N. The van der Waals surface area contributed by atoms with Gasteiger partial charge in [-0.1, -0.05) is 18.2 Å². The minimum atomic E-state index is -4.49. The fourth-order valence-corrected chi connectivity index (χ4v) is 1.92. The molecular weight excluding hydrogens is 281 g/mol. The Morgan fingerprint density at radius 3 is 2.38 bits per heavy atom. The van der Waals surface area contributed by atoms with Gasteiger partial charge in [0.05, 0.1) is 16.9 Å². The quantitative estimate of drug-likeness (QED) is 0.861. The largest absolute Gasteiger partial charge is 0.416 e. The zero-order valence-corrected chi connectivity index (χ0v) is 11.2. The lowest BCUT2D eigenvalue weighted by Crippen LogP contribution is -2.27. The van der Waals surface area contributed by atoms with Crippen molar-refractivity contribution in [3.8, 4) is 0 Å². The summed E-state index contributed by atoms with van der Waals surface area (Å²) >= 11 is 0. The first-order valence-corrected chi connectivity index (χ1v) is 6.10. The summed E-state index contributed by atoms with van der Waals surface area (Å²) in [5.41, 5.74) is 5.68. The number of benzene rings is 2. The first-order chi connectivity index (χ1) is 9.80. The Balaban J connectivity index is 2.35. The maximum absolute atomic E-state index is 12.7. The van der Waals surface area contributed by atoms with Crippen molar-refractivity contribution in [1.82, 2.24) is 0 Å². The van der Waals surface area contributed by atoms with E-state index in [0.717, 1.165) is 12.1 Å². The number of para-hydroxylation sites is 2. The fraction of sp³-hybridized carbons (Fsp3) is 0.133. The third-order valence-corrected chi connectivity index (χ3v) is 3.04. The summed E-state index contributed by atoms with van der Waals surface area (Å²) in [4.78, 5) is 13.5. The van der Waals surface area contributed by atoms with E-state index in [9.17, 15) is 18.0 Å². The molecule has 0 saturated heterocycles. The molecule has 110 valence electrons. The summed E-state index contributed by atoms with van der Waals surface area (Å²) in [6, 6.07) is 11.0. The summed E-state index contributed by atoms with van der Waals surface area (Å²) in [6.45, 7) is 0. The Morgan fingerprint density at radius 1 is 1.10 bits per heavy atom.